The summed E-state index contributed by atoms with van der Waals surface area (Å²) in [5.74, 6) is -6.47. The average Bonchev–Trinajstić information content (AvgIpc) is 2.37. The summed E-state index contributed by atoms with van der Waals surface area (Å²) in [4.78, 5) is 7.89. The van der Waals surface area contributed by atoms with E-state index in [4.69, 9.17) is 0 Å². The summed E-state index contributed by atoms with van der Waals surface area (Å²) >= 11 is 0. The third kappa shape index (κ3) is 2.04. The molecule has 0 bridgehead atoms. The van der Waals surface area contributed by atoms with Gasteiger partial charge in [-0.15, -0.1) is 0 Å². The Morgan fingerprint density at radius 1 is 0.944 bits per heavy atom. The molecular formula is C5H7N6O7-3. The van der Waals surface area contributed by atoms with Crippen molar-refractivity contribution in [2.75, 3.05) is 0 Å². The zero-order valence-corrected chi connectivity index (χ0v) is 9.12. The molecule has 0 fully saturated rings. The third-order valence-corrected chi connectivity index (χ3v) is 1.88. The van der Waals surface area contributed by atoms with Crippen LogP contribution >= 0.6 is 0 Å². The number of ketones is 1. The van der Waals surface area contributed by atoms with Gasteiger partial charge >= 0.3 is 11.6 Å². The fraction of sp³-hybridized carbons (Fsp3) is 0.800. The van der Waals surface area contributed by atoms with Gasteiger partial charge in [-0.25, -0.2) is 0 Å². The minimum Gasteiger partial charge on any atom is -0.739 e. The van der Waals surface area contributed by atoms with Crippen LogP contribution in [0, 0.1) is 37.2 Å². The number of hydrogen-bond acceptors (Lipinski definition) is 10. The first kappa shape index (κ1) is 15.3. The van der Waals surface area contributed by atoms with Gasteiger partial charge in [-0.2, -0.15) is 0 Å². The van der Waals surface area contributed by atoms with Crippen molar-refractivity contribution in [2.24, 2.45) is 21.8 Å². The summed E-state index contributed by atoms with van der Waals surface area (Å²) in [6.07, 6.45) is 0. The zero-order valence-electron chi connectivity index (χ0n) is 9.12. The lowest BCUT2D eigenvalue weighted by Crippen LogP contribution is -2.61. The second-order valence-corrected chi connectivity index (χ2v) is 3.22. The molecule has 0 aromatic heterocycles. The molecule has 0 atom stereocenters. The van der Waals surface area contributed by atoms with Crippen molar-refractivity contribution in [2.45, 2.75) is 19.6 Å². The molecule has 0 heterocycles. The Kier molecular flexibility index (Phi) is 4.71. The summed E-state index contributed by atoms with van der Waals surface area (Å²) in [6, 6.07) is 0. The highest BCUT2D eigenvalue weighted by molar-refractivity contribution is 5.85. The minimum atomic E-state index is -3.74. The quantitative estimate of drug-likeness (QED) is 0.292. The number of Topliss-reactive ketones (excluding diaryl/α,β-unsaturated/α-hetero) is 1. The summed E-state index contributed by atoms with van der Waals surface area (Å²) in [5, 5.41) is 68.6. The summed E-state index contributed by atoms with van der Waals surface area (Å²) < 4.78 is 0. The molecule has 18 heavy (non-hydrogen) atoms. The van der Waals surface area contributed by atoms with Crippen LogP contribution in [0.15, 0.2) is 15.8 Å². The molecule has 0 aliphatic heterocycles. The first-order valence-electron chi connectivity index (χ1n) is 4.26. The molecular weight excluding hydrogens is 256 g/mol. The van der Waals surface area contributed by atoms with Gasteiger partial charge in [-0.1, -0.05) is 13.8 Å². The molecule has 0 saturated carbocycles. The number of nitrogens with zero attached hydrogens (tertiary/aromatic N) is 6. The van der Waals surface area contributed by atoms with Gasteiger partial charge < -0.3 is 31.2 Å². The highest BCUT2D eigenvalue weighted by Crippen LogP contribution is 2.21. The molecule has 0 aliphatic carbocycles. The molecule has 0 unspecified atom stereocenters. The maximum absolute atomic E-state index is 11.6. The van der Waals surface area contributed by atoms with Crippen LogP contribution in [0.3, 0.4) is 0 Å². The Hall–Kier alpha value is -2.73. The van der Waals surface area contributed by atoms with E-state index in [2.05, 4.69) is 0 Å². The summed E-state index contributed by atoms with van der Waals surface area (Å²) in [5.41, 5.74) is 0. The van der Waals surface area contributed by atoms with E-state index in [0.29, 0.717) is 0 Å². The molecule has 0 rings (SSSR count). The molecule has 0 amide bonds. The van der Waals surface area contributed by atoms with E-state index in [-0.39, 0.29) is 0 Å². The fourth-order valence-corrected chi connectivity index (χ4v) is 1.06. The van der Waals surface area contributed by atoms with Crippen LogP contribution in [0.1, 0.15) is 13.8 Å². The van der Waals surface area contributed by atoms with E-state index >= 15 is 0 Å². The molecule has 0 aromatic rings. The summed E-state index contributed by atoms with van der Waals surface area (Å²) in [7, 11) is 0. The third-order valence-electron chi connectivity index (χ3n) is 1.88. The molecule has 102 valence electrons. The van der Waals surface area contributed by atoms with Crippen LogP contribution in [0.2, 0.25) is 0 Å². The van der Waals surface area contributed by atoms with Crippen LogP contribution in [-0.4, -0.2) is 26.2 Å². The van der Waals surface area contributed by atoms with Gasteiger partial charge in [0.2, 0.25) is 0 Å². The monoisotopic (exact) mass is 263 g/mol. The van der Waals surface area contributed by atoms with Crippen molar-refractivity contribution in [3.05, 3.63) is 31.2 Å². The van der Waals surface area contributed by atoms with Gasteiger partial charge in [0.15, 0.2) is 0 Å². The molecule has 13 heteroatoms. The van der Waals surface area contributed by atoms with E-state index in [0.717, 1.165) is 13.8 Å². The highest BCUT2D eigenvalue weighted by atomic mass is 16.7. The van der Waals surface area contributed by atoms with Gasteiger partial charge in [0.25, 0.3) is 0 Å². The van der Waals surface area contributed by atoms with E-state index in [9.17, 15) is 36.0 Å². The SMILES string of the molecule is CC(C)C(=O)C(/[N+]([O-])=N/[O-])(/[N+]([O-])=N/[O-])/[N+]([O-])=N/[O-]. The predicted octanol–water partition coefficient (Wildman–Crippen LogP) is 0.246. The van der Waals surface area contributed by atoms with Crippen LogP contribution < -0.4 is 0 Å². The van der Waals surface area contributed by atoms with E-state index in [1.54, 1.807) is 15.8 Å². The van der Waals surface area contributed by atoms with E-state index in [1.165, 1.54) is 0 Å². The zero-order chi connectivity index (χ0) is 14.5. The Morgan fingerprint density at radius 3 is 1.39 bits per heavy atom. The first-order valence-corrected chi connectivity index (χ1v) is 4.26. The predicted molar refractivity (Wildman–Crippen MR) is 50.8 cm³/mol. The van der Waals surface area contributed by atoms with Crippen molar-refractivity contribution in [3.8, 4) is 0 Å². The standard InChI is InChI=1S/C5H10N6O7/c1-3(2)4(12)5(9(16)6-13,10(17)7-14)11(18)8-15/h3,13-15H,1-2H3/p-3/b9-6-,10-7-,11-8-. The van der Waals surface area contributed by atoms with Gasteiger partial charge in [-0.05, 0) is 15.8 Å². The Labute approximate surface area is 98.8 Å². The van der Waals surface area contributed by atoms with Crippen molar-refractivity contribution < 1.29 is 19.4 Å². The molecule has 0 spiro atoms. The Morgan fingerprint density at radius 2 is 1.22 bits per heavy atom. The first-order chi connectivity index (χ1) is 8.30. The minimum absolute atomic E-state index is 1.13. The van der Waals surface area contributed by atoms with Crippen LogP contribution in [0.5, 0.6) is 0 Å². The Bertz CT molecular complexity index is 369. The maximum Gasteiger partial charge on any atom is 0.705 e. The molecule has 13 nitrogen and oxygen atoms in total. The van der Waals surface area contributed by atoms with E-state index in [1.807, 2.05) is 0 Å². The average molecular weight is 263 g/mol. The summed E-state index contributed by atoms with van der Waals surface area (Å²) in [6.45, 7) is 2.26. The van der Waals surface area contributed by atoms with Gasteiger partial charge in [0.1, 0.15) is 0 Å². The smallest absolute Gasteiger partial charge is 0.705 e. The number of hydrogen-bond donors (Lipinski definition) is 0. The fourth-order valence-electron chi connectivity index (χ4n) is 1.06. The number of rotatable bonds is 5. The lowest BCUT2D eigenvalue weighted by molar-refractivity contribution is -0.979. The molecule has 0 aromatic carbocycles. The normalized spacial score (nSPS) is 14.9. The lowest BCUT2D eigenvalue weighted by atomic mass is 10.0. The highest BCUT2D eigenvalue weighted by Gasteiger charge is 2.71. The van der Waals surface area contributed by atoms with Crippen molar-refractivity contribution in [1.82, 2.24) is 0 Å². The van der Waals surface area contributed by atoms with Crippen molar-refractivity contribution in [1.29, 1.82) is 0 Å². The van der Waals surface area contributed by atoms with Crippen molar-refractivity contribution >= 4 is 5.78 Å². The topological polar surface area (TPSA) is 202 Å². The second kappa shape index (κ2) is 5.55. The van der Waals surface area contributed by atoms with E-state index < -0.39 is 32.1 Å². The molecule has 0 saturated heterocycles. The largest absolute Gasteiger partial charge is 0.739 e. The van der Waals surface area contributed by atoms with Gasteiger partial charge in [0, 0.05) is 5.92 Å². The Balaban J connectivity index is 6.33. The second-order valence-electron chi connectivity index (χ2n) is 3.22. The van der Waals surface area contributed by atoms with Crippen LogP contribution in [0.4, 0.5) is 0 Å². The maximum atomic E-state index is 11.6. The molecule has 0 N–H and O–H groups in total. The van der Waals surface area contributed by atoms with Gasteiger partial charge in [-0.3, -0.25) is 4.79 Å². The number of carbonyl (C=O) groups excluding carboxylic acids is 1. The van der Waals surface area contributed by atoms with Crippen LogP contribution in [-0.2, 0) is 4.79 Å². The van der Waals surface area contributed by atoms with Gasteiger partial charge in [0.05, 0.1) is 14.6 Å². The van der Waals surface area contributed by atoms with Crippen molar-refractivity contribution in [3.63, 3.8) is 0 Å². The van der Waals surface area contributed by atoms with Crippen LogP contribution in [0.25, 0.3) is 0 Å². The lowest BCUT2D eigenvalue weighted by Gasteiger charge is -2.21. The molecule has 0 radical (unpaired) electrons. The number of hydroxylamine groups is 3. The number of carbonyl (C=O) groups is 1. The molecule has 0 aliphatic rings.